The first-order valence-corrected chi connectivity index (χ1v) is 11.4. The minimum Gasteiger partial charge on any atom is -0.492 e. The van der Waals surface area contributed by atoms with Crippen LogP contribution in [0.15, 0.2) is 59.6 Å². The number of aromatic nitrogens is 1. The number of hydrogen-bond donors (Lipinski definition) is 0. The number of carbonyl (C=O) groups is 1. The van der Waals surface area contributed by atoms with E-state index in [1.54, 1.807) is 4.90 Å². The highest BCUT2D eigenvalue weighted by Crippen LogP contribution is 2.34. The van der Waals surface area contributed by atoms with Gasteiger partial charge in [-0.2, -0.15) is 0 Å². The lowest BCUT2D eigenvalue weighted by Gasteiger charge is -2.09. The molecule has 154 valence electrons. The number of aryl methyl sites for hydroxylation is 1. The van der Waals surface area contributed by atoms with Crippen molar-refractivity contribution in [1.29, 1.82) is 0 Å². The fourth-order valence-corrected chi connectivity index (χ4v) is 5.03. The van der Waals surface area contributed by atoms with Crippen LogP contribution in [0.1, 0.15) is 18.9 Å². The van der Waals surface area contributed by atoms with Crippen molar-refractivity contribution in [3.63, 3.8) is 0 Å². The van der Waals surface area contributed by atoms with Crippen molar-refractivity contribution in [3.8, 4) is 5.75 Å². The van der Waals surface area contributed by atoms with Gasteiger partial charge in [-0.05, 0) is 37.6 Å². The zero-order valence-electron chi connectivity index (χ0n) is 16.5. The Bertz CT molecular complexity index is 1140. The van der Waals surface area contributed by atoms with Gasteiger partial charge in [0.15, 0.2) is 0 Å². The maximum atomic E-state index is 12.6. The number of halogens is 1. The van der Waals surface area contributed by atoms with Gasteiger partial charge in [0.25, 0.3) is 5.91 Å². The van der Waals surface area contributed by atoms with Crippen LogP contribution in [-0.4, -0.2) is 32.8 Å². The summed E-state index contributed by atoms with van der Waals surface area (Å²) in [6.45, 7) is 3.90. The normalized spacial score (nSPS) is 15.5. The summed E-state index contributed by atoms with van der Waals surface area (Å²) in [5, 5.41) is 1.74. The van der Waals surface area contributed by atoms with E-state index in [1.807, 2.05) is 49.4 Å². The highest BCUT2D eigenvalue weighted by Gasteiger charge is 2.30. The van der Waals surface area contributed by atoms with Gasteiger partial charge in [-0.1, -0.05) is 65.9 Å². The largest absolute Gasteiger partial charge is 0.492 e. The summed E-state index contributed by atoms with van der Waals surface area (Å²) in [5.41, 5.74) is 2.15. The third-order valence-corrected chi connectivity index (χ3v) is 6.62. The highest BCUT2D eigenvalue weighted by molar-refractivity contribution is 8.26. The van der Waals surface area contributed by atoms with E-state index in [0.29, 0.717) is 33.1 Å². The number of thioether (sulfide) groups is 1. The van der Waals surface area contributed by atoms with Gasteiger partial charge in [0.05, 0.1) is 16.5 Å². The van der Waals surface area contributed by atoms with Gasteiger partial charge in [-0.25, -0.2) is 0 Å². The van der Waals surface area contributed by atoms with Gasteiger partial charge in [0.1, 0.15) is 10.1 Å². The van der Waals surface area contributed by atoms with E-state index in [0.717, 1.165) is 29.4 Å². The summed E-state index contributed by atoms with van der Waals surface area (Å²) in [4.78, 5) is 14.9. The number of benzene rings is 2. The Morgan fingerprint density at radius 2 is 1.93 bits per heavy atom. The van der Waals surface area contributed by atoms with E-state index in [2.05, 4.69) is 22.9 Å². The van der Waals surface area contributed by atoms with E-state index in [-0.39, 0.29) is 5.91 Å². The van der Waals surface area contributed by atoms with E-state index in [9.17, 15) is 4.79 Å². The molecule has 3 aromatic rings. The van der Waals surface area contributed by atoms with E-state index < -0.39 is 0 Å². The number of thiocarbonyl (C=S) groups is 1. The van der Waals surface area contributed by atoms with Gasteiger partial charge in [-0.3, -0.25) is 9.69 Å². The van der Waals surface area contributed by atoms with Crippen molar-refractivity contribution < 1.29 is 9.53 Å². The zero-order valence-corrected chi connectivity index (χ0v) is 18.9. The Morgan fingerprint density at radius 1 is 1.17 bits per heavy atom. The second-order valence-corrected chi connectivity index (χ2v) is 8.94. The van der Waals surface area contributed by atoms with Crippen LogP contribution in [0.4, 0.5) is 0 Å². The second-order valence-electron chi connectivity index (χ2n) is 6.85. The van der Waals surface area contributed by atoms with Crippen LogP contribution in [0.5, 0.6) is 5.75 Å². The molecule has 1 amide bonds. The molecular formula is C23H21ClN2O2S2. The lowest BCUT2D eigenvalue weighted by molar-refractivity contribution is -0.121. The monoisotopic (exact) mass is 456 g/mol. The third-order valence-electron chi connectivity index (χ3n) is 4.93. The Labute approximate surface area is 190 Å². The predicted molar refractivity (Wildman–Crippen MR) is 129 cm³/mol. The molecule has 0 unspecified atom stereocenters. The lowest BCUT2D eigenvalue weighted by Crippen LogP contribution is -2.27. The number of rotatable bonds is 7. The van der Waals surface area contributed by atoms with Crippen LogP contribution in [0.3, 0.4) is 0 Å². The van der Waals surface area contributed by atoms with Crippen LogP contribution in [0.25, 0.3) is 17.0 Å². The maximum absolute atomic E-state index is 12.6. The summed E-state index contributed by atoms with van der Waals surface area (Å²) < 4.78 is 8.64. The summed E-state index contributed by atoms with van der Waals surface area (Å²) >= 11 is 12.8. The molecule has 0 radical (unpaired) electrons. The number of para-hydroxylation sites is 2. The molecule has 30 heavy (non-hydrogen) atoms. The molecule has 0 atom stereocenters. The molecule has 4 nitrogen and oxygen atoms in total. The molecule has 0 N–H and O–H groups in total. The first-order chi connectivity index (χ1) is 14.6. The number of carbonyl (C=O) groups excluding carboxylic acids is 1. The van der Waals surface area contributed by atoms with Crippen LogP contribution in [-0.2, 0) is 11.3 Å². The van der Waals surface area contributed by atoms with Crippen molar-refractivity contribution in [1.82, 2.24) is 9.47 Å². The molecular weight excluding hydrogens is 436 g/mol. The molecule has 0 aliphatic carbocycles. The van der Waals surface area contributed by atoms with E-state index >= 15 is 0 Å². The van der Waals surface area contributed by atoms with Gasteiger partial charge in [-0.15, -0.1) is 0 Å². The molecule has 4 rings (SSSR count). The molecule has 1 aliphatic heterocycles. The van der Waals surface area contributed by atoms with Crippen LogP contribution in [0, 0.1) is 0 Å². The third kappa shape index (κ3) is 4.26. The minimum absolute atomic E-state index is 0.0162. The molecule has 1 aliphatic rings. The molecule has 7 heteroatoms. The standard InChI is InChI=1S/C23H21ClN2O2S2/c1-2-26-22(27)21(30-23(26)29)14-16-15-25(19-10-5-3-8-17(16)19)12-7-13-28-20-11-6-4-9-18(20)24/h3-6,8-11,14-15H,2,7,12-13H2,1H3/b21-14-. The quantitative estimate of drug-likeness (QED) is 0.248. The van der Waals surface area contributed by atoms with E-state index in [4.69, 9.17) is 28.6 Å². The maximum Gasteiger partial charge on any atom is 0.266 e. The fraction of sp³-hybridized carbons (Fsp3) is 0.217. The number of ether oxygens (including phenoxy) is 1. The molecule has 0 bridgehead atoms. The molecule has 1 saturated heterocycles. The molecule has 2 aromatic carbocycles. The topological polar surface area (TPSA) is 34.5 Å². The van der Waals surface area contributed by atoms with Crippen molar-refractivity contribution in [2.75, 3.05) is 13.2 Å². The van der Waals surface area contributed by atoms with Crippen LogP contribution in [0.2, 0.25) is 5.02 Å². The number of likely N-dealkylation sites (N-methyl/N-ethyl adjacent to an activating group) is 1. The zero-order chi connectivity index (χ0) is 21.1. The smallest absolute Gasteiger partial charge is 0.266 e. The first-order valence-electron chi connectivity index (χ1n) is 9.79. The molecule has 1 fully saturated rings. The average Bonchev–Trinajstić information content (AvgIpc) is 3.23. The molecule has 2 heterocycles. The van der Waals surface area contributed by atoms with Crippen molar-refractivity contribution in [3.05, 3.63) is 70.2 Å². The summed E-state index contributed by atoms with van der Waals surface area (Å²) in [7, 11) is 0. The Balaban J connectivity index is 1.51. The number of fused-ring (bicyclic) bond motifs is 1. The van der Waals surface area contributed by atoms with Gasteiger partial charge in [0.2, 0.25) is 0 Å². The van der Waals surface area contributed by atoms with Crippen LogP contribution >= 0.6 is 35.6 Å². The number of amides is 1. The van der Waals surface area contributed by atoms with Crippen LogP contribution < -0.4 is 4.74 Å². The highest BCUT2D eigenvalue weighted by atomic mass is 35.5. The van der Waals surface area contributed by atoms with Crippen molar-refractivity contribution in [2.24, 2.45) is 0 Å². The predicted octanol–water partition coefficient (Wildman–Crippen LogP) is 5.98. The number of hydrogen-bond acceptors (Lipinski definition) is 4. The summed E-state index contributed by atoms with van der Waals surface area (Å²) in [5.74, 6) is 0.688. The SMILES string of the molecule is CCN1C(=O)/C(=C/c2cn(CCCOc3ccccc3Cl)c3ccccc23)SC1=S. The number of nitrogens with zero attached hydrogens (tertiary/aromatic N) is 2. The first kappa shape index (κ1) is 21.0. The van der Waals surface area contributed by atoms with Crippen molar-refractivity contribution in [2.45, 2.75) is 19.9 Å². The molecule has 0 saturated carbocycles. The molecule has 0 spiro atoms. The Hall–Kier alpha value is -2.28. The summed E-state index contributed by atoms with van der Waals surface area (Å²) in [6.07, 6.45) is 4.88. The Kier molecular flexibility index (Phi) is 6.46. The van der Waals surface area contributed by atoms with E-state index in [1.165, 1.54) is 11.8 Å². The molecule has 1 aromatic heterocycles. The average molecular weight is 457 g/mol. The fourth-order valence-electron chi connectivity index (χ4n) is 3.47. The van der Waals surface area contributed by atoms with Gasteiger partial charge < -0.3 is 9.30 Å². The lowest BCUT2D eigenvalue weighted by atomic mass is 10.1. The minimum atomic E-state index is -0.0162. The second kappa shape index (κ2) is 9.25. The Morgan fingerprint density at radius 3 is 2.70 bits per heavy atom. The van der Waals surface area contributed by atoms with Gasteiger partial charge in [0, 0.05) is 35.8 Å². The van der Waals surface area contributed by atoms with Gasteiger partial charge >= 0.3 is 0 Å². The summed E-state index contributed by atoms with van der Waals surface area (Å²) in [6, 6.07) is 15.7. The van der Waals surface area contributed by atoms with Crippen molar-refractivity contribution >= 4 is 62.8 Å².